The molecular formula is C30H25FN4O4. The monoisotopic (exact) mass is 524 g/mol. The maximum absolute atomic E-state index is 13.6. The number of nitrogens with zero attached hydrogens (tertiary/aromatic N) is 3. The van der Waals surface area contributed by atoms with Crippen molar-refractivity contribution in [2.75, 3.05) is 31.5 Å². The van der Waals surface area contributed by atoms with Crippen molar-refractivity contribution in [2.45, 2.75) is 6.54 Å². The number of piperazine rings is 1. The molecule has 3 aromatic carbocycles. The zero-order chi connectivity index (χ0) is 26.8. The van der Waals surface area contributed by atoms with Gasteiger partial charge in [-0.05, 0) is 42.0 Å². The minimum Gasteiger partial charge on any atom is -0.449 e. The Morgan fingerprint density at radius 3 is 2.38 bits per heavy atom. The lowest BCUT2D eigenvalue weighted by molar-refractivity contribution is 0.0601. The normalized spacial score (nSPS) is 14.0. The third-order valence-electron chi connectivity index (χ3n) is 6.81. The number of para-hydroxylation sites is 1. The molecule has 1 N–H and O–H groups in total. The van der Waals surface area contributed by atoms with E-state index in [1.165, 1.54) is 35.9 Å². The summed E-state index contributed by atoms with van der Waals surface area (Å²) in [6, 6.07) is 24.5. The number of benzene rings is 3. The number of anilines is 1. The molecule has 5 aromatic rings. The van der Waals surface area contributed by atoms with Crippen LogP contribution in [0.3, 0.4) is 0 Å². The van der Waals surface area contributed by atoms with Gasteiger partial charge in [0, 0.05) is 49.7 Å². The molecule has 0 saturated carbocycles. The van der Waals surface area contributed by atoms with Crippen LogP contribution in [-0.4, -0.2) is 52.9 Å². The summed E-state index contributed by atoms with van der Waals surface area (Å²) in [5.74, 6) is -0.823. The summed E-state index contributed by atoms with van der Waals surface area (Å²) in [6.07, 6.45) is 0. The van der Waals surface area contributed by atoms with Crippen molar-refractivity contribution in [1.29, 1.82) is 0 Å². The molecule has 0 bridgehead atoms. The Kier molecular flexibility index (Phi) is 6.64. The molecule has 3 heterocycles. The van der Waals surface area contributed by atoms with Gasteiger partial charge in [-0.15, -0.1) is 0 Å². The van der Waals surface area contributed by atoms with E-state index in [2.05, 4.69) is 27.5 Å². The highest BCUT2D eigenvalue weighted by Gasteiger charge is 2.29. The number of halogens is 1. The molecule has 2 amide bonds. The Hall–Kier alpha value is -4.76. The number of fused-ring (bicyclic) bond motifs is 1. The highest BCUT2D eigenvalue weighted by molar-refractivity contribution is 6.14. The summed E-state index contributed by atoms with van der Waals surface area (Å²) < 4.78 is 24.5. The van der Waals surface area contributed by atoms with Gasteiger partial charge < -0.3 is 19.2 Å². The van der Waals surface area contributed by atoms with Crippen molar-refractivity contribution in [3.63, 3.8) is 0 Å². The van der Waals surface area contributed by atoms with Crippen molar-refractivity contribution >= 4 is 28.5 Å². The highest BCUT2D eigenvalue weighted by Crippen LogP contribution is 2.33. The zero-order valence-corrected chi connectivity index (χ0v) is 21.0. The van der Waals surface area contributed by atoms with Crippen LogP contribution in [0.5, 0.6) is 0 Å². The second-order valence-electron chi connectivity index (χ2n) is 9.39. The molecule has 6 rings (SSSR count). The van der Waals surface area contributed by atoms with Gasteiger partial charge in [0.05, 0.1) is 0 Å². The Morgan fingerprint density at radius 2 is 1.62 bits per heavy atom. The van der Waals surface area contributed by atoms with Crippen molar-refractivity contribution in [1.82, 2.24) is 15.0 Å². The maximum Gasteiger partial charge on any atom is 0.291 e. The van der Waals surface area contributed by atoms with Crippen LogP contribution < -0.4 is 5.32 Å². The number of hydrogen-bond acceptors (Lipinski definition) is 6. The lowest BCUT2D eigenvalue weighted by Gasteiger charge is -2.34. The molecule has 196 valence electrons. The van der Waals surface area contributed by atoms with Crippen LogP contribution in [0.15, 0.2) is 93.9 Å². The summed E-state index contributed by atoms with van der Waals surface area (Å²) >= 11 is 0. The topological polar surface area (TPSA) is 91.8 Å². The average Bonchev–Trinajstić information content (AvgIpc) is 3.60. The van der Waals surface area contributed by atoms with E-state index in [-0.39, 0.29) is 23.2 Å². The standard InChI is InChI=1S/C30H25FN4O4/c31-22-12-10-21(11-13-22)26-18-24(33-39-26)29(36)32-27-23-8-4-5-9-25(23)38-28(27)30(37)35-16-14-34(15-17-35)19-20-6-2-1-3-7-20/h1-13,18H,14-17,19H2,(H,32,36). The third kappa shape index (κ3) is 5.17. The van der Waals surface area contributed by atoms with Gasteiger partial charge in [-0.3, -0.25) is 14.5 Å². The van der Waals surface area contributed by atoms with E-state index in [1.807, 2.05) is 24.3 Å². The van der Waals surface area contributed by atoms with Gasteiger partial charge in [-0.25, -0.2) is 4.39 Å². The lowest BCUT2D eigenvalue weighted by atomic mass is 10.1. The van der Waals surface area contributed by atoms with Gasteiger partial charge >= 0.3 is 0 Å². The Bertz CT molecular complexity index is 1620. The molecule has 0 atom stereocenters. The first-order chi connectivity index (χ1) is 19.0. The predicted molar refractivity (Wildman–Crippen MR) is 144 cm³/mol. The second-order valence-corrected chi connectivity index (χ2v) is 9.39. The molecule has 1 fully saturated rings. The zero-order valence-electron chi connectivity index (χ0n) is 21.0. The van der Waals surface area contributed by atoms with Gasteiger partial charge in [0.2, 0.25) is 5.76 Å². The minimum absolute atomic E-state index is 0.0209. The van der Waals surface area contributed by atoms with Crippen LogP contribution in [0.25, 0.3) is 22.3 Å². The number of hydrogen-bond donors (Lipinski definition) is 1. The van der Waals surface area contributed by atoms with E-state index >= 15 is 0 Å². The highest BCUT2D eigenvalue weighted by atomic mass is 19.1. The summed E-state index contributed by atoms with van der Waals surface area (Å²) in [5, 5.41) is 7.29. The van der Waals surface area contributed by atoms with Crippen molar-refractivity contribution in [2.24, 2.45) is 0 Å². The molecular weight excluding hydrogens is 499 g/mol. The van der Waals surface area contributed by atoms with Crippen molar-refractivity contribution in [3.05, 3.63) is 108 Å². The molecule has 1 aliphatic rings. The molecule has 9 heteroatoms. The maximum atomic E-state index is 13.6. The fraction of sp³-hybridized carbons (Fsp3) is 0.167. The van der Waals surface area contributed by atoms with Gasteiger partial charge in [0.1, 0.15) is 17.1 Å². The average molecular weight is 525 g/mol. The van der Waals surface area contributed by atoms with E-state index < -0.39 is 5.91 Å². The molecule has 0 radical (unpaired) electrons. The number of nitrogens with one attached hydrogen (secondary N) is 1. The van der Waals surface area contributed by atoms with E-state index in [1.54, 1.807) is 23.1 Å². The lowest BCUT2D eigenvalue weighted by Crippen LogP contribution is -2.48. The number of carbonyl (C=O) groups is 2. The summed E-state index contributed by atoms with van der Waals surface area (Å²) in [5.41, 5.74) is 2.62. The van der Waals surface area contributed by atoms with Crippen molar-refractivity contribution in [3.8, 4) is 11.3 Å². The molecule has 39 heavy (non-hydrogen) atoms. The van der Waals surface area contributed by atoms with Gasteiger partial charge in [0.15, 0.2) is 11.5 Å². The van der Waals surface area contributed by atoms with E-state index in [0.717, 1.165) is 19.6 Å². The van der Waals surface area contributed by atoms with E-state index in [0.29, 0.717) is 41.1 Å². The largest absolute Gasteiger partial charge is 0.449 e. The number of furan rings is 1. The number of amides is 2. The molecule has 0 spiro atoms. The molecule has 0 aliphatic carbocycles. The summed E-state index contributed by atoms with van der Waals surface area (Å²) in [6.45, 7) is 3.37. The summed E-state index contributed by atoms with van der Waals surface area (Å²) in [4.78, 5) is 30.8. The number of carbonyl (C=O) groups excluding carboxylic acids is 2. The van der Waals surface area contributed by atoms with Crippen LogP contribution >= 0.6 is 0 Å². The SMILES string of the molecule is O=C(Nc1c(C(=O)N2CCN(Cc3ccccc3)CC2)oc2ccccc12)c1cc(-c2ccc(F)cc2)on1. The smallest absolute Gasteiger partial charge is 0.291 e. The number of aromatic nitrogens is 1. The number of rotatable bonds is 6. The first-order valence-corrected chi connectivity index (χ1v) is 12.7. The van der Waals surface area contributed by atoms with Crippen LogP contribution in [0, 0.1) is 5.82 Å². The molecule has 1 saturated heterocycles. The summed E-state index contributed by atoms with van der Waals surface area (Å²) in [7, 11) is 0. The Morgan fingerprint density at radius 1 is 0.897 bits per heavy atom. The second kappa shape index (κ2) is 10.5. The molecule has 0 unspecified atom stereocenters. The molecule has 2 aromatic heterocycles. The van der Waals surface area contributed by atoms with Gasteiger partial charge in [-0.1, -0.05) is 47.6 Å². The Labute approximate surface area is 223 Å². The van der Waals surface area contributed by atoms with Gasteiger partial charge in [-0.2, -0.15) is 0 Å². The van der Waals surface area contributed by atoms with Crippen LogP contribution in [0.1, 0.15) is 26.6 Å². The first kappa shape index (κ1) is 24.6. The van der Waals surface area contributed by atoms with Crippen LogP contribution in [0.4, 0.5) is 10.1 Å². The predicted octanol–water partition coefficient (Wildman–Crippen LogP) is 5.44. The third-order valence-corrected chi connectivity index (χ3v) is 6.81. The fourth-order valence-corrected chi connectivity index (χ4v) is 4.72. The molecule has 8 nitrogen and oxygen atoms in total. The first-order valence-electron chi connectivity index (χ1n) is 12.7. The quantitative estimate of drug-likeness (QED) is 0.318. The fourth-order valence-electron chi connectivity index (χ4n) is 4.72. The van der Waals surface area contributed by atoms with Gasteiger partial charge in [0.25, 0.3) is 11.8 Å². The van der Waals surface area contributed by atoms with Crippen LogP contribution in [0.2, 0.25) is 0 Å². The molecule has 1 aliphatic heterocycles. The van der Waals surface area contributed by atoms with E-state index in [9.17, 15) is 14.0 Å². The van der Waals surface area contributed by atoms with Crippen LogP contribution in [-0.2, 0) is 6.54 Å². The van der Waals surface area contributed by atoms with E-state index in [4.69, 9.17) is 8.94 Å². The van der Waals surface area contributed by atoms with Crippen molar-refractivity contribution < 1.29 is 22.9 Å². The Balaban J connectivity index is 1.20. The minimum atomic E-state index is -0.555.